The summed E-state index contributed by atoms with van der Waals surface area (Å²) in [5.74, 6) is 0.310. The van der Waals surface area contributed by atoms with Gasteiger partial charge in [-0.25, -0.2) is 9.97 Å². The molecule has 0 aliphatic heterocycles. The number of alkyl halides is 6. The maximum atomic E-state index is 13.0. The fourth-order valence-corrected chi connectivity index (χ4v) is 2.07. The average molecular weight is 378 g/mol. The highest BCUT2D eigenvalue weighted by Crippen LogP contribution is 2.38. The Labute approximate surface area is 145 Å². The highest BCUT2D eigenvalue weighted by atomic mass is 19.4. The van der Waals surface area contributed by atoms with Crippen LogP contribution in [0.25, 0.3) is 11.3 Å². The molecule has 0 atom stereocenters. The van der Waals surface area contributed by atoms with Crippen molar-refractivity contribution in [2.75, 3.05) is 17.6 Å². The third-order valence-electron chi connectivity index (χ3n) is 3.36. The second-order valence-electron chi connectivity index (χ2n) is 6.06. The van der Waals surface area contributed by atoms with Crippen LogP contribution in [0.4, 0.5) is 38.0 Å². The molecule has 1 aromatic carbocycles. The summed E-state index contributed by atoms with van der Waals surface area (Å²) in [5.41, 5.74) is 2.31. The van der Waals surface area contributed by atoms with E-state index in [4.69, 9.17) is 5.73 Å². The molecule has 0 spiro atoms. The third kappa shape index (κ3) is 4.77. The van der Waals surface area contributed by atoms with Gasteiger partial charge in [0.15, 0.2) is 11.6 Å². The summed E-state index contributed by atoms with van der Waals surface area (Å²) < 4.78 is 77.8. The van der Waals surface area contributed by atoms with Crippen molar-refractivity contribution in [1.29, 1.82) is 0 Å². The predicted molar refractivity (Wildman–Crippen MR) is 85.2 cm³/mol. The minimum atomic E-state index is -4.93. The molecule has 0 aliphatic carbocycles. The summed E-state index contributed by atoms with van der Waals surface area (Å²) >= 11 is 0. The number of hydrogen-bond acceptors (Lipinski definition) is 4. The van der Waals surface area contributed by atoms with Gasteiger partial charge < -0.3 is 11.1 Å². The number of aromatic nitrogens is 2. The highest BCUT2D eigenvalue weighted by molar-refractivity contribution is 5.66. The smallest absolute Gasteiger partial charge is 0.381 e. The van der Waals surface area contributed by atoms with Crippen LogP contribution in [0.2, 0.25) is 0 Å². The van der Waals surface area contributed by atoms with Crippen molar-refractivity contribution in [2.45, 2.75) is 26.2 Å². The molecule has 0 bridgehead atoms. The maximum Gasteiger partial charge on any atom is 0.416 e. The molecule has 2 rings (SSSR count). The van der Waals surface area contributed by atoms with Crippen molar-refractivity contribution in [3.8, 4) is 11.3 Å². The normalized spacial score (nSPS) is 12.5. The van der Waals surface area contributed by atoms with Gasteiger partial charge in [-0.15, -0.1) is 0 Å². The SMILES string of the molecule is CC(C)CNc1nc(-c2cc(C(F)(F)F)cc(C(F)(F)F)c2)cnc1N. The molecule has 0 saturated carbocycles. The number of nitrogens with two attached hydrogens (primary N) is 1. The zero-order chi connectivity index (χ0) is 19.7. The molecule has 1 aromatic heterocycles. The number of rotatable bonds is 4. The molecule has 2 aromatic rings. The lowest BCUT2D eigenvalue weighted by Gasteiger charge is -2.15. The van der Waals surface area contributed by atoms with Gasteiger partial charge in [0.25, 0.3) is 0 Å². The summed E-state index contributed by atoms with van der Waals surface area (Å²) in [6.45, 7) is 4.27. The fourth-order valence-electron chi connectivity index (χ4n) is 2.07. The van der Waals surface area contributed by atoms with Gasteiger partial charge in [-0.1, -0.05) is 13.8 Å². The maximum absolute atomic E-state index is 13.0. The molecule has 0 amide bonds. The molecule has 0 unspecified atom stereocenters. The van der Waals surface area contributed by atoms with E-state index in [1.807, 2.05) is 13.8 Å². The lowest BCUT2D eigenvalue weighted by atomic mass is 10.0. The highest BCUT2D eigenvalue weighted by Gasteiger charge is 2.37. The predicted octanol–water partition coefficient (Wildman–Crippen LogP) is 4.83. The van der Waals surface area contributed by atoms with Crippen molar-refractivity contribution in [3.63, 3.8) is 0 Å². The molecule has 0 saturated heterocycles. The Bertz CT molecular complexity index is 751. The van der Waals surface area contributed by atoms with E-state index in [1.165, 1.54) is 0 Å². The van der Waals surface area contributed by atoms with Crippen LogP contribution in [0.15, 0.2) is 24.4 Å². The standard InChI is InChI=1S/C16H16F6N4/c1-8(2)6-25-14-13(23)24-7-12(26-14)9-3-10(15(17,18)19)5-11(4-9)16(20,21)22/h3-5,7-8H,6H2,1-2H3,(H2,23,24)(H,25,26). The van der Waals surface area contributed by atoms with Gasteiger partial charge >= 0.3 is 12.4 Å². The summed E-state index contributed by atoms with van der Waals surface area (Å²) in [5, 5.41) is 2.87. The fraction of sp³-hybridized carbons (Fsp3) is 0.375. The van der Waals surface area contributed by atoms with E-state index in [9.17, 15) is 26.3 Å². The van der Waals surface area contributed by atoms with E-state index in [2.05, 4.69) is 15.3 Å². The van der Waals surface area contributed by atoms with Gasteiger partial charge in [0.2, 0.25) is 0 Å². The van der Waals surface area contributed by atoms with Gasteiger partial charge in [0, 0.05) is 12.1 Å². The molecular formula is C16H16F6N4. The Hall–Kier alpha value is -2.52. The number of anilines is 2. The van der Waals surface area contributed by atoms with Crippen molar-refractivity contribution in [3.05, 3.63) is 35.5 Å². The molecular weight excluding hydrogens is 362 g/mol. The molecule has 0 fully saturated rings. The summed E-state index contributed by atoms with van der Waals surface area (Å²) in [6.07, 6.45) is -8.84. The summed E-state index contributed by atoms with van der Waals surface area (Å²) in [7, 11) is 0. The van der Waals surface area contributed by atoms with Crippen LogP contribution in [-0.2, 0) is 12.4 Å². The van der Waals surface area contributed by atoms with Crippen LogP contribution in [0.3, 0.4) is 0 Å². The topological polar surface area (TPSA) is 63.8 Å². The van der Waals surface area contributed by atoms with Crippen LogP contribution in [0.1, 0.15) is 25.0 Å². The van der Waals surface area contributed by atoms with Gasteiger partial charge in [0.1, 0.15) is 0 Å². The molecule has 142 valence electrons. The quantitative estimate of drug-likeness (QED) is 0.748. The first-order chi connectivity index (χ1) is 11.9. The monoisotopic (exact) mass is 378 g/mol. The first-order valence-corrected chi connectivity index (χ1v) is 7.54. The Kier molecular flexibility index (Phi) is 5.33. The van der Waals surface area contributed by atoms with Gasteiger partial charge in [-0.3, -0.25) is 0 Å². The average Bonchev–Trinajstić information content (AvgIpc) is 2.52. The minimum Gasteiger partial charge on any atom is -0.381 e. The molecule has 3 N–H and O–H groups in total. The van der Waals surface area contributed by atoms with Crippen LogP contribution >= 0.6 is 0 Å². The van der Waals surface area contributed by atoms with E-state index in [1.54, 1.807) is 0 Å². The number of nitrogen functional groups attached to an aromatic ring is 1. The van der Waals surface area contributed by atoms with E-state index < -0.39 is 23.5 Å². The van der Waals surface area contributed by atoms with Gasteiger partial charge in [0.05, 0.1) is 23.0 Å². The number of nitrogens with zero attached hydrogens (tertiary/aromatic N) is 2. The lowest BCUT2D eigenvalue weighted by molar-refractivity contribution is -0.143. The second kappa shape index (κ2) is 7.00. The van der Waals surface area contributed by atoms with Gasteiger partial charge in [-0.2, -0.15) is 26.3 Å². The molecule has 26 heavy (non-hydrogen) atoms. The lowest BCUT2D eigenvalue weighted by Crippen LogP contribution is -2.13. The zero-order valence-electron chi connectivity index (χ0n) is 13.8. The molecule has 0 radical (unpaired) electrons. The Morgan fingerprint density at radius 3 is 2.00 bits per heavy atom. The first-order valence-electron chi connectivity index (χ1n) is 7.54. The van der Waals surface area contributed by atoms with E-state index in [0.717, 1.165) is 6.20 Å². The van der Waals surface area contributed by atoms with E-state index in [-0.39, 0.29) is 34.9 Å². The second-order valence-corrected chi connectivity index (χ2v) is 6.06. The number of benzene rings is 1. The van der Waals surface area contributed by atoms with Crippen molar-refractivity contribution >= 4 is 11.6 Å². The summed E-state index contributed by atoms with van der Waals surface area (Å²) in [4.78, 5) is 7.83. The van der Waals surface area contributed by atoms with Gasteiger partial charge in [-0.05, 0) is 24.1 Å². The van der Waals surface area contributed by atoms with Crippen molar-refractivity contribution < 1.29 is 26.3 Å². The largest absolute Gasteiger partial charge is 0.416 e. The Morgan fingerprint density at radius 2 is 1.54 bits per heavy atom. The minimum absolute atomic E-state index is 0.00239. The zero-order valence-corrected chi connectivity index (χ0v) is 13.8. The molecule has 4 nitrogen and oxygen atoms in total. The Balaban J connectivity index is 2.55. The van der Waals surface area contributed by atoms with Crippen molar-refractivity contribution in [1.82, 2.24) is 9.97 Å². The molecule has 1 heterocycles. The number of hydrogen-bond donors (Lipinski definition) is 2. The molecule has 10 heteroatoms. The van der Waals surface area contributed by atoms with Crippen LogP contribution in [0.5, 0.6) is 0 Å². The third-order valence-corrected chi connectivity index (χ3v) is 3.36. The summed E-state index contributed by atoms with van der Waals surface area (Å²) in [6, 6.07) is 1.26. The van der Waals surface area contributed by atoms with Crippen LogP contribution in [0, 0.1) is 5.92 Å². The van der Waals surface area contributed by atoms with Crippen LogP contribution in [-0.4, -0.2) is 16.5 Å². The number of halogens is 6. The van der Waals surface area contributed by atoms with E-state index >= 15 is 0 Å². The Morgan fingerprint density at radius 1 is 1.00 bits per heavy atom. The molecule has 0 aliphatic rings. The number of nitrogens with one attached hydrogen (secondary N) is 1. The first kappa shape index (κ1) is 19.8. The van der Waals surface area contributed by atoms with Crippen LogP contribution < -0.4 is 11.1 Å². The van der Waals surface area contributed by atoms with Crippen molar-refractivity contribution in [2.24, 2.45) is 5.92 Å². The van der Waals surface area contributed by atoms with E-state index in [0.29, 0.717) is 18.7 Å².